The van der Waals surface area contributed by atoms with Crippen LogP contribution in [0.2, 0.25) is 0 Å². The van der Waals surface area contributed by atoms with Gasteiger partial charge in [0.1, 0.15) is 12.4 Å². The van der Waals surface area contributed by atoms with E-state index in [0.29, 0.717) is 13.2 Å². The lowest BCUT2D eigenvalue weighted by Crippen LogP contribution is -2.19. The Bertz CT molecular complexity index is 287. The topological polar surface area (TPSA) is 38.5 Å². The Kier molecular flexibility index (Phi) is 5.15. The highest BCUT2D eigenvalue weighted by Crippen LogP contribution is 2.17. The van der Waals surface area contributed by atoms with Crippen molar-refractivity contribution in [2.24, 2.45) is 5.73 Å². The van der Waals surface area contributed by atoms with Gasteiger partial charge in [-0.1, -0.05) is 18.2 Å². The number of benzene rings is 1. The van der Waals surface area contributed by atoms with Crippen LogP contribution in [-0.4, -0.2) is 38.7 Å². The number of para-hydroxylation sites is 1. The molecule has 0 unspecified atom stereocenters. The Labute approximate surface area is 91.8 Å². The number of hydrogen-bond acceptors (Lipinski definition) is 3. The molecule has 3 heteroatoms. The van der Waals surface area contributed by atoms with Crippen LogP contribution in [0.5, 0.6) is 5.75 Å². The fourth-order valence-corrected chi connectivity index (χ4v) is 1.34. The highest BCUT2D eigenvalue weighted by atomic mass is 16.5. The number of ether oxygens (including phenoxy) is 1. The summed E-state index contributed by atoms with van der Waals surface area (Å²) < 4.78 is 5.70. The summed E-state index contributed by atoms with van der Waals surface area (Å²) in [6.45, 7) is 2.31. The van der Waals surface area contributed by atoms with Gasteiger partial charge in [0, 0.05) is 6.54 Å². The molecule has 0 aromatic heterocycles. The minimum atomic E-state index is 0.661. The van der Waals surface area contributed by atoms with Crippen molar-refractivity contribution in [3.05, 3.63) is 29.8 Å². The number of nitrogens with two attached hydrogens (primary N) is 1. The lowest BCUT2D eigenvalue weighted by molar-refractivity contribution is 0.259. The van der Waals surface area contributed by atoms with Gasteiger partial charge in [-0.15, -0.1) is 0 Å². The maximum Gasteiger partial charge on any atom is 0.122 e. The van der Waals surface area contributed by atoms with Crippen molar-refractivity contribution in [3.63, 3.8) is 0 Å². The van der Waals surface area contributed by atoms with Gasteiger partial charge >= 0.3 is 0 Å². The van der Waals surface area contributed by atoms with E-state index in [-0.39, 0.29) is 0 Å². The summed E-state index contributed by atoms with van der Waals surface area (Å²) in [7, 11) is 4.07. The number of likely N-dealkylation sites (N-methyl/N-ethyl adjacent to an activating group) is 1. The van der Waals surface area contributed by atoms with E-state index in [0.717, 1.165) is 18.7 Å². The van der Waals surface area contributed by atoms with Crippen LogP contribution in [-0.2, 0) is 6.42 Å². The van der Waals surface area contributed by atoms with Gasteiger partial charge < -0.3 is 15.4 Å². The molecule has 0 fully saturated rings. The van der Waals surface area contributed by atoms with Crippen LogP contribution in [0.4, 0.5) is 0 Å². The van der Waals surface area contributed by atoms with Gasteiger partial charge in [-0.05, 0) is 38.7 Å². The predicted octanol–water partition coefficient (Wildman–Crippen LogP) is 1.13. The zero-order valence-electron chi connectivity index (χ0n) is 9.57. The summed E-state index contributed by atoms with van der Waals surface area (Å²) in [5, 5.41) is 0. The number of rotatable bonds is 6. The lowest BCUT2D eigenvalue weighted by atomic mass is 10.1. The first-order chi connectivity index (χ1) is 7.24. The van der Waals surface area contributed by atoms with Gasteiger partial charge in [0.25, 0.3) is 0 Å². The third-order valence-electron chi connectivity index (χ3n) is 2.18. The first-order valence-corrected chi connectivity index (χ1v) is 5.29. The van der Waals surface area contributed by atoms with E-state index < -0.39 is 0 Å². The molecule has 0 atom stereocenters. The maximum absolute atomic E-state index is 5.70. The molecule has 0 saturated carbocycles. The molecular weight excluding hydrogens is 188 g/mol. The molecule has 0 spiro atoms. The highest BCUT2D eigenvalue weighted by Gasteiger charge is 2.01. The average Bonchev–Trinajstić information content (AvgIpc) is 2.20. The standard InChI is InChI=1S/C12H20N2O/c1-14(2)9-10-15-12-6-4-3-5-11(12)7-8-13/h3-6H,7-10,13H2,1-2H3. The molecule has 84 valence electrons. The van der Waals surface area contributed by atoms with Gasteiger partial charge in [0.05, 0.1) is 0 Å². The summed E-state index contributed by atoms with van der Waals surface area (Å²) in [6.07, 6.45) is 0.873. The van der Waals surface area contributed by atoms with Crippen LogP contribution < -0.4 is 10.5 Å². The quantitative estimate of drug-likeness (QED) is 0.761. The van der Waals surface area contributed by atoms with Gasteiger partial charge in [-0.25, -0.2) is 0 Å². The molecule has 0 aliphatic heterocycles. The molecule has 0 saturated heterocycles. The monoisotopic (exact) mass is 208 g/mol. The second kappa shape index (κ2) is 6.43. The van der Waals surface area contributed by atoms with E-state index >= 15 is 0 Å². The van der Waals surface area contributed by atoms with Gasteiger partial charge in [0.2, 0.25) is 0 Å². The molecular formula is C12H20N2O. The van der Waals surface area contributed by atoms with Gasteiger partial charge in [-0.3, -0.25) is 0 Å². The van der Waals surface area contributed by atoms with Gasteiger partial charge in [-0.2, -0.15) is 0 Å². The van der Waals surface area contributed by atoms with Crippen molar-refractivity contribution in [1.29, 1.82) is 0 Å². The summed E-state index contributed by atoms with van der Waals surface area (Å²) in [5.74, 6) is 0.963. The predicted molar refractivity (Wildman–Crippen MR) is 63.2 cm³/mol. The molecule has 0 amide bonds. The van der Waals surface area contributed by atoms with Gasteiger partial charge in [0.15, 0.2) is 0 Å². The molecule has 2 N–H and O–H groups in total. The van der Waals surface area contributed by atoms with E-state index in [9.17, 15) is 0 Å². The minimum absolute atomic E-state index is 0.661. The van der Waals surface area contributed by atoms with Crippen molar-refractivity contribution in [2.75, 3.05) is 33.8 Å². The Hall–Kier alpha value is -1.06. The van der Waals surface area contributed by atoms with Crippen molar-refractivity contribution in [3.8, 4) is 5.75 Å². The van der Waals surface area contributed by atoms with Crippen LogP contribution >= 0.6 is 0 Å². The molecule has 1 aromatic carbocycles. The van der Waals surface area contributed by atoms with E-state index in [1.807, 2.05) is 32.3 Å². The smallest absolute Gasteiger partial charge is 0.122 e. The number of hydrogen-bond donors (Lipinski definition) is 1. The summed E-state index contributed by atoms with van der Waals surface area (Å²) in [5.41, 5.74) is 6.74. The highest BCUT2D eigenvalue weighted by molar-refractivity contribution is 5.33. The molecule has 0 radical (unpaired) electrons. The van der Waals surface area contributed by atoms with Crippen molar-refractivity contribution >= 4 is 0 Å². The zero-order chi connectivity index (χ0) is 11.1. The fourth-order valence-electron chi connectivity index (χ4n) is 1.34. The fraction of sp³-hybridized carbons (Fsp3) is 0.500. The Morgan fingerprint density at radius 1 is 1.27 bits per heavy atom. The normalized spacial score (nSPS) is 10.7. The first kappa shape index (κ1) is 12.0. The van der Waals surface area contributed by atoms with E-state index in [1.165, 1.54) is 5.56 Å². The number of nitrogens with zero attached hydrogens (tertiary/aromatic N) is 1. The molecule has 1 rings (SSSR count). The van der Waals surface area contributed by atoms with E-state index in [4.69, 9.17) is 10.5 Å². The molecule has 3 nitrogen and oxygen atoms in total. The summed E-state index contributed by atoms with van der Waals surface area (Å²) in [6, 6.07) is 8.08. The van der Waals surface area contributed by atoms with Crippen LogP contribution in [0.1, 0.15) is 5.56 Å². The maximum atomic E-state index is 5.70. The van der Waals surface area contributed by atoms with Crippen molar-refractivity contribution < 1.29 is 4.74 Å². The molecule has 0 heterocycles. The SMILES string of the molecule is CN(C)CCOc1ccccc1CCN. The van der Waals surface area contributed by atoms with Crippen molar-refractivity contribution in [2.45, 2.75) is 6.42 Å². The summed E-state index contributed by atoms with van der Waals surface area (Å²) in [4.78, 5) is 2.10. The molecule has 0 aliphatic rings. The van der Waals surface area contributed by atoms with E-state index in [1.54, 1.807) is 0 Å². The third-order valence-corrected chi connectivity index (χ3v) is 2.18. The minimum Gasteiger partial charge on any atom is -0.492 e. The second-order valence-corrected chi connectivity index (χ2v) is 3.80. The zero-order valence-corrected chi connectivity index (χ0v) is 9.57. The summed E-state index contributed by atoms with van der Waals surface area (Å²) >= 11 is 0. The second-order valence-electron chi connectivity index (χ2n) is 3.80. The van der Waals surface area contributed by atoms with Crippen LogP contribution in [0.25, 0.3) is 0 Å². The molecule has 15 heavy (non-hydrogen) atoms. The lowest BCUT2D eigenvalue weighted by Gasteiger charge is -2.13. The van der Waals surface area contributed by atoms with Crippen LogP contribution in [0.3, 0.4) is 0 Å². The Balaban J connectivity index is 2.51. The molecule has 0 aliphatic carbocycles. The average molecular weight is 208 g/mol. The molecule has 1 aromatic rings. The van der Waals surface area contributed by atoms with E-state index in [2.05, 4.69) is 11.0 Å². The van der Waals surface area contributed by atoms with Crippen LogP contribution in [0, 0.1) is 0 Å². The van der Waals surface area contributed by atoms with Crippen molar-refractivity contribution in [1.82, 2.24) is 4.90 Å². The first-order valence-electron chi connectivity index (χ1n) is 5.29. The third kappa shape index (κ3) is 4.32. The molecule has 0 bridgehead atoms. The Morgan fingerprint density at radius 2 is 2.00 bits per heavy atom. The van der Waals surface area contributed by atoms with Crippen LogP contribution in [0.15, 0.2) is 24.3 Å². The Morgan fingerprint density at radius 3 is 2.67 bits per heavy atom. The largest absolute Gasteiger partial charge is 0.492 e.